The van der Waals surface area contributed by atoms with Crippen LogP contribution in [-0.2, 0) is 0 Å². The van der Waals surface area contributed by atoms with E-state index in [0.29, 0.717) is 28.3 Å². The molecule has 2 N–H and O–H groups in total. The van der Waals surface area contributed by atoms with Gasteiger partial charge in [-0.15, -0.1) is 0 Å². The Hall–Kier alpha value is -0.520. The molecule has 0 aromatic heterocycles. The number of nitrogens with zero attached hydrogens (tertiary/aromatic N) is 1. The summed E-state index contributed by atoms with van der Waals surface area (Å²) in [6.07, 6.45) is 1.39. The molecule has 1 atom stereocenters. The Labute approximate surface area is 135 Å². The van der Waals surface area contributed by atoms with Crippen molar-refractivity contribution in [3.8, 4) is 5.75 Å². The van der Waals surface area contributed by atoms with E-state index in [2.05, 4.69) is 4.90 Å². The third-order valence-electron chi connectivity index (χ3n) is 3.76. The average Bonchev–Trinajstić information content (AvgIpc) is 2.47. The third-order valence-corrected chi connectivity index (χ3v) is 4.29. The smallest absolute Gasteiger partial charge is 0.138 e. The van der Waals surface area contributed by atoms with Crippen molar-refractivity contribution >= 4 is 23.2 Å². The van der Waals surface area contributed by atoms with Crippen LogP contribution in [0.3, 0.4) is 0 Å². The first-order valence-electron chi connectivity index (χ1n) is 7.17. The fourth-order valence-electron chi connectivity index (χ4n) is 2.48. The minimum absolute atomic E-state index is 0.196. The zero-order chi connectivity index (χ0) is 15.2. The Balaban J connectivity index is 1.73. The van der Waals surface area contributed by atoms with Gasteiger partial charge in [0.1, 0.15) is 18.5 Å². The van der Waals surface area contributed by atoms with Crippen LogP contribution < -0.4 is 4.74 Å². The van der Waals surface area contributed by atoms with E-state index in [-0.39, 0.29) is 13.2 Å². The molecule has 1 saturated heterocycles. The highest BCUT2D eigenvalue weighted by Crippen LogP contribution is 2.27. The van der Waals surface area contributed by atoms with Gasteiger partial charge in [0, 0.05) is 18.2 Å². The van der Waals surface area contributed by atoms with Crippen LogP contribution in [0.25, 0.3) is 0 Å². The molecule has 4 nitrogen and oxygen atoms in total. The van der Waals surface area contributed by atoms with E-state index < -0.39 is 6.10 Å². The zero-order valence-electron chi connectivity index (χ0n) is 11.8. The van der Waals surface area contributed by atoms with Crippen molar-refractivity contribution in [2.75, 3.05) is 32.8 Å². The summed E-state index contributed by atoms with van der Waals surface area (Å²) in [5.74, 6) is 0.932. The fourth-order valence-corrected chi connectivity index (χ4v) is 2.94. The molecular weight excluding hydrogens is 313 g/mol. The van der Waals surface area contributed by atoms with E-state index in [1.165, 1.54) is 0 Å². The third kappa shape index (κ3) is 5.31. The van der Waals surface area contributed by atoms with Crippen molar-refractivity contribution in [1.82, 2.24) is 4.90 Å². The van der Waals surface area contributed by atoms with Gasteiger partial charge in [-0.3, -0.25) is 0 Å². The van der Waals surface area contributed by atoms with Crippen molar-refractivity contribution in [3.05, 3.63) is 28.2 Å². The van der Waals surface area contributed by atoms with Crippen molar-refractivity contribution in [2.24, 2.45) is 5.92 Å². The van der Waals surface area contributed by atoms with Crippen molar-refractivity contribution in [3.63, 3.8) is 0 Å². The minimum atomic E-state index is -0.567. The maximum absolute atomic E-state index is 10.0. The first kappa shape index (κ1) is 16.8. The fraction of sp³-hybridized carbons (Fsp3) is 0.600. The molecule has 0 spiro atoms. The summed E-state index contributed by atoms with van der Waals surface area (Å²) in [4.78, 5) is 2.20. The molecule has 0 bridgehead atoms. The van der Waals surface area contributed by atoms with Crippen LogP contribution in [0.2, 0.25) is 10.0 Å². The number of β-amino-alcohol motifs (C(OH)–C–C–N with tert-alkyl or cyclic N) is 1. The second kappa shape index (κ2) is 8.20. The first-order chi connectivity index (χ1) is 10.1. The van der Waals surface area contributed by atoms with Crippen LogP contribution in [0.4, 0.5) is 0 Å². The topological polar surface area (TPSA) is 52.9 Å². The van der Waals surface area contributed by atoms with Crippen LogP contribution in [0.5, 0.6) is 5.75 Å². The predicted octanol–water partition coefficient (Wildman–Crippen LogP) is 2.44. The average molecular weight is 334 g/mol. The van der Waals surface area contributed by atoms with E-state index in [4.69, 9.17) is 33.0 Å². The number of ether oxygens (including phenoxy) is 1. The van der Waals surface area contributed by atoms with Gasteiger partial charge >= 0.3 is 0 Å². The number of rotatable bonds is 6. The van der Waals surface area contributed by atoms with Gasteiger partial charge in [0.25, 0.3) is 0 Å². The second-order valence-electron chi connectivity index (χ2n) is 5.47. The second-order valence-corrected chi connectivity index (χ2v) is 6.31. The van der Waals surface area contributed by atoms with E-state index in [1.54, 1.807) is 18.2 Å². The van der Waals surface area contributed by atoms with Crippen molar-refractivity contribution in [2.45, 2.75) is 18.9 Å². The molecule has 1 aromatic carbocycles. The number of piperidine rings is 1. The summed E-state index contributed by atoms with van der Waals surface area (Å²) in [6.45, 7) is 2.84. The minimum Gasteiger partial charge on any atom is -0.489 e. The van der Waals surface area contributed by atoms with E-state index in [0.717, 1.165) is 25.9 Å². The van der Waals surface area contributed by atoms with Gasteiger partial charge in [-0.25, -0.2) is 0 Å². The summed E-state index contributed by atoms with van der Waals surface area (Å²) >= 11 is 11.8. The Morgan fingerprint density at radius 1 is 1.29 bits per heavy atom. The molecule has 6 heteroatoms. The Bertz CT molecular complexity index is 451. The van der Waals surface area contributed by atoms with Gasteiger partial charge in [-0.2, -0.15) is 0 Å². The number of hydrogen-bond donors (Lipinski definition) is 2. The largest absolute Gasteiger partial charge is 0.489 e. The van der Waals surface area contributed by atoms with Gasteiger partial charge in [0.2, 0.25) is 0 Å². The van der Waals surface area contributed by atoms with E-state index >= 15 is 0 Å². The van der Waals surface area contributed by atoms with Gasteiger partial charge in [0.15, 0.2) is 0 Å². The number of benzene rings is 1. The summed E-state index contributed by atoms with van der Waals surface area (Å²) in [5, 5.41) is 20.1. The lowest BCUT2D eigenvalue weighted by atomic mass is 9.98. The first-order valence-corrected chi connectivity index (χ1v) is 7.93. The van der Waals surface area contributed by atoms with Gasteiger partial charge in [-0.1, -0.05) is 23.2 Å². The normalized spacial score (nSPS) is 18.7. The zero-order valence-corrected chi connectivity index (χ0v) is 13.4. The molecule has 2 rings (SSSR count). The number of aliphatic hydroxyl groups is 2. The van der Waals surface area contributed by atoms with Crippen molar-refractivity contribution in [1.29, 1.82) is 0 Å². The monoisotopic (exact) mass is 333 g/mol. The van der Waals surface area contributed by atoms with Crippen LogP contribution in [0.1, 0.15) is 12.8 Å². The van der Waals surface area contributed by atoms with Crippen molar-refractivity contribution < 1.29 is 14.9 Å². The molecule has 118 valence electrons. The van der Waals surface area contributed by atoms with Crippen LogP contribution in [0.15, 0.2) is 18.2 Å². The molecule has 0 radical (unpaired) electrons. The maximum Gasteiger partial charge on any atom is 0.138 e. The number of likely N-dealkylation sites (tertiary alicyclic amines) is 1. The molecule has 0 amide bonds. The molecule has 1 unspecified atom stereocenters. The lowest BCUT2D eigenvalue weighted by Crippen LogP contribution is -2.41. The van der Waals surface area contributed by atoms with E-state index in [9.17, 15) is 5.11 Å². The van der Waals surface area contributed by atoms with Crippen LogP contribution >= 0.6 is 23.2 Å². The SMILES string of the molecule is OCC1CCN(CC(O)COc2ccc(Cl)cc2Cl)CC1. The molecule has 1 aliphatic heterocycles. The molecule has 1 fully saturated rings. The molecule has 1 heterocycles. The number of hydrogen-bond acceptors (Lipinski definition) is 4. The molecule has 0 aliphatic carbocycles. The van der Waals surface area contributed by atoms with Gasteiger partial charge in [0.05, 0.1) is 5.02 Å². The summed E-state index contributed by atoms with van der Waals surface area (Å²) in [7, 11) is 0. The highest BCUT2D eigenvalue weighted by Gasteiger charge is 2.20. The summed E-state index contributed by atoms with van der Waals surface area (Å²) in [5.41, 5.74) is 0. The predicted molar refractivity (Wildman–Crippen MR) is 84.2 cm³/mol. The molecule has 1 aromatic rings. The maximum atomic E-state index is 10.0. The number of halogens is 2. The lowest BCUT2D eigenvalue weighted by molar-refractivity contribution is 0.0489. The van der Waals surface area contributed by atoms with Crippen LogP contribution in [-0.4, -0.2) is 54.1 Å². The lowest BCUT2D eigenvalue weighted by Gasteiger charge is -2.32. The van der Waals surface area contributed by atoms with E-state index in [1.807, 2.05) is 0 Å². The Kier molecular flexibility index (Phi) is 6.58. The summed E-state index contributed by atoms with van der Waals surface area (Å²) in [6, 6.07) is 5.02. The Morgan fingerprint density at radius 2 is 2.00 bits per heavy atom. The molecular formula is C15H21Cl2NO3. The van der Waals surface area contributed by atoms with Gasteiger partial charge < -0.3 is 19.8 Å². The highest BCUT2D eigenvalue weighted by molar-refractivity contribution is 6.35. The molecule has 21 heavy (non-hydrogen) atoms. The Morgan fingerprint density at radius 3 is 2.62 bits per heavy atom. The van der Waals surface area contributed by atoms with Crippen LogP contribution in [0, 0.1) is 5.92 Å². The standard InChI is InChI=1S/C15H21Cl2NO3/c16-12-1-2-15(14(17)7-12)21-10-13(20)8-18-5-3-11(9-19)4-6-18/h1-2,7,11,13,19-20H,3-6,8-10H2. The highest BCUT2D eigenvalue weighted by atomic mass is 35.5. The quantitative estimate of drug-likeness (QED) is 0.839. The summed E-state index contributed by atoms with van der Waals surface area (Å²) < 4.78 is 5.53. The van der Waals surface area contributed by atoms with Gasteiger partial charge in [-0.05, 0) is 50.0 Å². The molecule has 0 saturated carbocycles. The molecule has 1 aliphatic rings. The number of aliphatic hydroxyl groups excluding tert-OH is 2.